The maximum absolute atomic E-state index is 11.7. The second kappa shape index (κ2) is 7.37. The zero-order valence-corrected chi connectivity index (χ0v) is 11.8. The van der Waals surface area contributed by atoms with Gasteiger partial charge in [0.2, 0.25) is 5.91 Å². The van der Waals surface area contributed by atoms with Crippen LogP contribution in [0.25, 0.3) is 0 Å². The minimum absolute atomic E-state index is 0.0915. The van der Waals surface area contributed by atoms with Gasteiger partial charge in [0.15, 0.2) is 0 Å². The van der Waals surface area contributed by atoms with E-state index in [1.54, 1.807) is 24.1 Å². The van der Waals surface area contributed by atoms with Crippen LogP contribution >= 0.6 is 0 Å². The lowest BCUT2D eigenvalue weighted by molar-refractivity contribution is -0.119. The smallest absolute Gasteiger partial charge is 0.337 e. The molecule has 1 rings (SSSR count). The molecule has 0 spiro atoms. The fraction of sp³-hybridized carbons (Fsp3) is 0.429. The SMILES string of the molecule is CCCCNC(=O)CN(C)c1ccc(N)cc1C(=O)O. The van der Waals surface area contributed by atoms with E-state index in [1.165, 1.54) is 6.07 Å². The summed E-state index contributed by atoms with van der Waals surface area (Å²) in [5.41, 5.74) is 6.53. The molecule has 0 saturated heterocycles. The molecule has 0 radical (unpaired) electrons. The number of amides is 1. The van der Waals surface area contributed by atoms with Gasteiger partial charge in [0.05, 0.1) is 17.8 Å². The Morgan fingerprint density at radius 1 is 1.40 bits per heavy atom. The minimum Gasteiger partial charge on any atom is -0.478 e. The maximum Gasteiger partial charge on any atom is 0.337 e. The average Bonchev–Trinajstić information content (AvgIpc) is 2.38. The molecule has 0 bridgehead atoms. The van der Waals surface area contributed by atoms with Crippen molar-refractivity contribution in [2.45, 2.75) is 19.8 Å². The number of anilines is 2. The summed E-state index contributed by atoms with van der Waals surface area (Å²) in [7, 11) is 1.68. The number of benzene rings is 1. The molecule has 6 nitrogen and oxygen atoms in total. The maximum atomic E-state index is 11.7. The number of carbonyl (C=O) groups excluding carboxylic acids is 1. The van der Waals surface area contributed by atoms with E-state index in [0.29, 0.717) is 17.9 Å². The van der Waals surface area contributed by atoms with Crippen LogP contribution < -0.4 is 16.0 Å². The molecule has 0 aliphatic heterocycles. The first-order chi connectivity index (χ1) is 9.45. The summed E-state index contributed by atoms with van der Waals surface area (Å²) in [6.07, 6.45) is 1.94. The average molecular weight is 279 g/mol. The van der Waals surface area contributed by atoms with Gasteiger partial charge in [-0.1, -0.05) is 13.3 Å². The first-order valence-electron chi connectivity index (χ1n) is 6.56. The third-order valence-corrected chi connectivity index (χ3v) is 2.90. The molecular formula is C14H21N3O3. The first-order valence-corrected chi connectivity index (χ1v) is 6.56. The van der Waals surface area contributed by atoms with Crippen LogP contribution in [0.3, 0.4) is 0 Å². The van der Waals surface area contributed by atoms with Gasteiger partial charge in [-0.15, -0.1) is 0 Å². The monoisotopic (exact) mass is 279 g/mol. The fourth-order valence-electron chi connectivity index (χ4n) is 1.82. The number of hydrogen-bond acceptors (Lipinski definition) is 4. The normalized spacial score (nSPS) is 10.1. The van der Waals surface area contributed by atoms with Crippen LogP contribution in [0.4, 0.5) is 11.4 Å². The van der Waals surface area contributed by atoms with E-state index in [2.05, 4.69) is 5.32 Å². The van der Waals surface area contributed by atoms with Gasteiger partial charge in [-0.3, -0.25) is 4.79 Å². The highest BCUT2D eigenvalue weighted by atomic mass is 16.4. The zero-order valence-electron chi connectivity index (χ0n) is 11.8. The largest absolute Gasteiger partial charge is 0.478 e. The summed E-state index contributed by atoms with van der Waals surface area (Å²) in [5, 5.41) is 12.0. The van der Waals surface area contributed by atoms with Crippen molar-refractivity contribution >= 4 is 23.3 Å². The number of hydrogen-bond donors (Lipinski definition) is 3. The molecule has 0 aliphatic carbocycles. The number of carbonyl (C=O) groups is 2. The number of unbranched alkanes of at least 4 members (excludes halogenated alkanes) is 1. The summed E-state index contributed by atoms with van der Waals surface area (Å²) >= 11 is 0. The van der Waals surface area contributed by atoms with Crippen molar-refractivity contribution in [2.75, 3.05) is 30.8 Å². The Morgan fingerprint density at radius 2 is 2.10 bits per heavy atom. The van der Waals surface area contributed by atoms with Crippen molar-refractivity contribution in [2.24, 2.45) is 0 Å². The molecule has 1 aromatic rings. The molecule has 4 N–H and O–H groups in total. The van der Waals surface area contributed by atoms with Gasteiger partial charge < -0.3 is 21.1 Å². The van der Waals surface area contributed by atoms with Crippen LogP contribution in [0.2, 0.25) is 0 Å². The van der Waals surface area contributed by atoms with E-state index in [4.69, 9.17) is 10.8 Å². The minimum atomic E-state index is -1.06. The Balaban J connectivity index is 2.74. The molecular weight excluding hydrogens is 258 g/mol. The molecule has 0 saturated carbocycles. The van der Waals surface area contributed by atoms with Crippen molar-refractivity contribution in [1.29, 1.82) is 0 Å². The number of nitrogens with one attached hydrogen (secondary N) is 1. The number of carboxylic acids is 1. The lowest BCUT2D eigenvalue weighted by atomic mass is 10.1. The predicted octanol–water partition coefficient (Wildman–Crippen LogP) is 1.32. The van der Waals surface area contributed by atoms with Crippen molar-refractivity contribution in [3.63, 3.8) is 0 Å². The number of nitrogens with two attached hydrogens (primary N) is 1. The molecule has 0 aliphatic rings. The Bertz CT molecular complexity index is 489. The second-order valence-corrected chi connectivity index (χ2v) is 4.64. The van der Waals surface area contributed by atoms with Gasteiger partial charge in [-0.2, -0.15) is 0 Å². The van der Waals surface area contributed by atoms with E-state index in [0.717, 1.165) is 12.8 Å². The fourth-order valence-corrected chi connectivity index (χ4v) is 1.82. The van der Waals surface area contributed by atoms with Crippen LogP contribution in [0, 0.1) is 0 Å². The Kier molecular flexibility index (Phi) is 5.83. The van der Waals surface area contributed by atoms with Crippen molar-refractivity contribution in [3.05, 3.63) is 23.8 Å². The molecule has 0 fully saturated rings. The van der Waals surface area contributed by atoms with Gasteiger partial charge in [-0.25, -0.2) is 4.79 Å². The van der Waals surface area contributed by atoms with Gasteiger partial charge in [0.1, 0.15) is 0 Å². The summed E-state index contributed by atoms with van der Waals surface area (Å²) < 4.78 is 0. The van der Waals surface area contributed by atoms with Crippen LogP contribution in [-0.2, 0) is 4.79 Å². The number of nitrogens with zero attached hydrogens (tertiary/aromatic N) is 1. The lowest BCUT2D eigenvalue weighted by Crippen LogP contribution is -2.36. The van der Waals surface area contributed by atoms with Crippen molar-refractivity contribution in [3.8, 4) is 0 Å². The van der Waals surface area contributed by atoms with Gasteiger partial charge in [-0.05, 0) is 24.6 Å². The summed E-state index contributed by atoms with van der Waals surface area (Å²) in [6.45, 7) is 2.79. The molecule has 110 valence electrons. The third-order valence-electron chi connectivity index (χ3n) is 2.90. The number of rotatable bonds is 7. The molecule has 6 heteroatoms. The number of carboxylic acid groups (broad SMARTS) is 1. The highest BCUT2D eigenvalue weighted by molar-refractivity contribution is 5.96. The Hall–Kier alpha value is -2.24. The highest BCUT2D eigenvalue weighted by Gasteiger charge is 2.15. The van der Waals surface area contributed by atoms with Gasteiger partial charge in [0, 0.05) is 19.3 Å². The Morgan fingerprint density at radius 3 is 2.70 bits per heavy atom. The molecule has 0 aromatic heterocycles. The Labute approximate surface area is 118 Å². The van der Waals surface area contributed by atoms with Crippen LogP contribution in [0.5, 0.6) is 0 Å². The van der Waals surface area contributed by atoms with Crippen LogP contribution in [0.15, 0.2) is 18.2 Å². The number of likely N-dealkylation sites (N-methyl/N-ethyl adjacent to an activating group) is 1. The molecule has 0 heterocycles. The molecule has 0 unspecified atom stereocenters. The predicted molar refractivity (Wildman–Crippen MR) is 79.0 cm³/mol. The van der Waals surface area contributed by atoms with Crippen molar-refractivity contribution < 1.29 is 14.7 Å². The quantitative estimate of drug-likeness (QED) is 0.517. The number of aromatic carboxylic acids is 1. The second-order valence-electron chi connectivity index (χ2n) is 4.64. The standard InChI is InChI=1S/C14H21N3O3/c1-3-4-7-16-13(18)9-17(2)12-6-5-10(15)8-11(12)14(19)20/h5-6,8H,3-4,7,9,15H2,1-2H3,(H,16,18)(H,19,20). The van der Waals surface area contributed by atoms with E-state index >= 15 is 0 Å². The molecule has 20 heavy (non-hydrogen) atoms. The van der Waals surface area contributed by atoms with E-state index in [9.17, 15) is 9.59 Å². The highest BCUT2D eigenvalue weighted by Crippen LogP contribution is 2.22. The van der Waals surface area contributed by atoms with Crippen molar-refractivity contribution in [1.82, 2.24) is 5.32 Å². The van der Waals surface area contributed by atoms with E-state index in [1.807, 2.05) is 6.92 Å². The van der Waals surface area contributed by atoms with E-state index < -0.39 is 5.97 Å². The van der Waals surface area contributed by atoms with Gasteiger partial charge in [0.25, 0.3) is 0 Å². The molecule has 0 atom stereocenters. The van der Waals surface area contributed by atoms with Crippen LogP contribution in [-0.4, -0.2) is 37.1 Å². The summed E-state index contributed by atoms with van der Waals surface area (Å²) in [6, 6.07) is 4.62. The first kappa shape index (κ1) is 15.8. The third kappa shape index (κ3) is 4.46. The number of nitrogen functional groups attached to an aromatic ring is 1. The van der Waals surface area contributed by atoms with Gasteiger partial charge >= 0.3 is 5.97 Å². The van der Waals surface area contributed by atoms with Crippen LogP contribution in [0.1, 0.15) is 30.1 Å². The summed E-state index contributed by atoms with van der Waals surface area (Å²) in [5.74, 6) is -1.19. The topological polar surface area (TPSA) is 95.7 Å². The van der Waals surface area contributed by atoms with E-state index in [-0.39, 0.29) is 18.0 Å². The zero-order chi connectivity index (χ0) is 15.1. The molecule has 1 amide bonds. The lowest BCUT2D eigenvalue weighted by Gasteiger charge is -2.21. The summed E-state index contributed by atoms with van der Waals surface area (Å²) in [4.78, 5) is 24.5. The molecule has 1 aromatic carbocycles.